The van der Waals surface area contributed by atoms with E-state index in [0.29, 0.717) is 6.54 Å². The summed E-state index contributed by atoms with van der Waals surface area (Å²) in [7, 11) is 0. The summed E-state index contributed by atoms with van der Waals surface area (Å²) in [6.07, 6.45) is 5.64. The van der Waals surface area contributed by atoms with Crippen molar-refractivity contribution in [1.82, 2.24) is 14.5 Å². The first kappa shape index (κ1) is 14.5. The molecule has 2 aromatic heterocycles. The lowest BCUT2D eigenvalue weighted by molar-refractivity contribution is 0.181. The Labute approximate surface area is 140 Å². The zero-order chi connectivity index (χ0) is 16.4. The van der Waals surface area contributed by atoms with Crippen LogP contribution in [0.2, 0.25) is 0 Å². The number of rotatable bonds is 2. The second-order valence-electron chi connectivity index (χ2n) is 5.80. The van der Waals surface area contributed by atoms with Crippen molar-refractivity contribution in [2.75, 3.05) is 11.9 Å². The lowest BCUT2D eigenvalue weighted by Crippen LogP contribution is -2.44. The van der Waals surface area contributed by atoms with Crippen molar-refractivity contribution >= 4 is 11.7 Å². The first-order valence-corrected chi connectivity index (χ1v) is 8.00. The van der Waals surface area contributed by atoms with Crippen LogP contribution in [0.15, 0.2) is 73.2 Å². The van der Waals surface area contributed by atoms with E-state index in [-0.39, 0.29) is 12.1 Å². The van der Waals surface area contributed by atoms with Gasteiger partial charge in [0.2, 0.25) is 0 Å². The summed E-state index contributed by atoms with van der Waals surface area (Å²) in [5, 5.41) is 2.99. The number of urea groups is 1. The maximum Gasteiger partial charge on any atom is 0.322 e. The molecule has 3 aromatic rings. The molecule has 0 bridgehead atoms. The predicted molar refractivity (Wildman–Crippen MR) is 92.7 cm³/mol. The van der Waals surface area contributed by atoms with Gasteiger partial charge in [-0.15, -0.1) is 0 Å². The summed E-state index contributed by atoms with van der Waals surface area (Å²) in [6.45, 7) is 1.45. The Balaban J connectivity index is 1.67. The minimum atomic E-state index is -0.133. The molecule has 0 radical (unpaired) electrons. The topological polar surface area (TPSA) is 50.2 Å². The number of nitrogens with one attached hydrogen (secondary N) is 1. The van der Waals surface area contributed by atoms with Crippen LogP contribution in [0.3, 0.4) is 0 Å². The highest BCUT2D eigenvalue weighted by molar-refractivity contribution is 5.90. The fraction of sp³-hybridized carbons (Fsp3) is 0.158. The van der Waals surface area contributed by atoms with Crippen LogP contribution in [0.4, 0.5) is 10.5 Å². The number of nitrogens with zero attached hydrogens (tertiary/aromatic N) is 3. The van der Waals surface area contributed by atoms with Crippen LogP contribution in [-0.4, -0.2) is 27.0 Å². The Morgan fingerprint density at radius 3 is 2.71 bits per heavy atom. The van der Waals surface area contributed by atoms with E-state index in [9.17, 15) is 4.79 Å². The molecule has 5 heteroatoms. The number of carbonyl (C=O) groups excluding carboxylic acids is 1. The summed E-state index contributed by atoms with van der Waals surface area (Å²) in [5.41, 5.74) is 2.92. The summed E-state index contributed by atoms with van der Waals surface area (Å²) >= 11 is 0. The molecule has 120 valence electrons. The van der Waals surface area contributed by atoms with Gasteiger partial charge in [0.1, 0.15) is 6.04 Å². The molecule has 3 heterocycles. The normalized spacial score (nSPS) is 16.5. The molecular formula is C19H18N4O. The molecule has 0 unspecified atom stereocenters. The molecule has 1 aliphatic rings. The van der Waals surface area contributed by atoms with Crippen LogP contribution in [0, 0.1) is 0 Å². The fourth-order valence-electron chi connectivity index (χ4n) is 3.21. The van der Waals surface area contributed by atoms with Gasteiger partial charge in [-0.3, -0.25) is 4.98 Å². The van der Waals surface area contributed by atoms with Crippen LogP contribution in [-0.2, 0) is 6.54 Å². The number of aromatic nitrogens is 2. The van der Waals surface area contributed by atoms with Crippen LogP contribution < -0.4 is 5.32 Å². The smallest absolute Gasteiger partial charge is 0.322 e. The van der Waals surface area contributed by atoms with Crippen LogP contribution >= 0.6 is 0 Å². The second-order valence-corrected chi connectivity index (χ2v) is 5.80. The van der Waals surface area contributed by atoms with E-state index in [1.807, 2.05) is 59.6 Å². The fourth-order valence-corrected chi connectivity index (χ4v) is 3.21. The quantitative estimate of drug-likeness (QED) is 0.786. The van der Waals surface area contributed by atoms with Crippen molar-refractivity contribution in [3.05, 3.63) is 84.4 Å². The van der Waals surface area contributed by atoms with E-state index >= 15 is 0 Å². The van der Waals surface area contributed by atoms with Gasteiger partial charge in [0.05, 0.1) is 0 Å². The molecule has 0 saturated heterocycles. The standard InChI is InChI=1S/C19H18N4O/c24-19(21-16-7-2-1-3-8-16)23-13-12-22-11-5-9-17(22)18(23)15-6-4-10-20-14-15/h1-11,14,18H,12-13H2,(H,21,24)/t18-/m0/s1. The maximum absolute atomic E-state index is 12.9. The Morgan fingerprint density at radius 2 is 1.92 bits per heavy atom. The molecule has 2 amide bonds. The minimum absolute atomic E-state index is 0.0949. The number of fused-ring (bicyclic) bond motifs is 1. The summed E-state index contributed by atoms with van der Waals surface area (Å²) in [6, 6.07) is 17.3. The number of para-hydroxylation sites is 1. The lowest BCUT2D eigenvalue weighted by Gasteiger charge is -2.37. The van der Waals surface area contributed by atoms with Crippen LogP contribution in [0.1, 0.15) is 17.3 Å². The molecule has 1 N–H and O–H groups in total. The Kier molecular flexibility index (Phi) is 3.75. The third-order valence-electron chi connectivity index (χ3n) is 4.32. The number of anilines is 1. The number of pyridine rings is 1. The Morgan fingerprint density at radius 1 is 1.04 bits per heavy atom. The van der Waals surface area contributed by atoms with E-state index in [2.05, 4.69) is 27.1 Å². The van der Waals surface area contributed by atoms with Gasteiger partial charge in [-0.2, -0.15) is 0 Å². The Bertz CT molecular complexity index is 829. The predicted octanol–water partition coefficient (Wildman–Crippen LogP) is 3.52. The minimum Gasteiger partial charge on any atom is -0.348 e. The lowest BCUT2D eigenvalue weighted by atomic mass is 10.0. The summed E-state index contributed by atoms with van der Waals surface area (Å²) < 4.78 is 2.20. The summed E-state index contributed by atoms with van der Waals surface area (Å²) in [5.74, 6) is 0. The molecule has 1 atom stereocenters. The first-order valence-electron chi connectivity index (χ1n) is 8.00. The van der Waals surface area contributed by atoms with E-state index in [1.165, 1.54) is 0 Å². The van der Waals surface area contributed by atoms with Crippen molar-refractivity contribution < 1.29 is 4.79 Å². The van der Waals surface area contributed by atoms with Gasteiger partial charge < -0.3 is 14.8 Å². The largest absolute Gasteiger partial charge is 0.348 e. The summed E-state index contributed by atoms with van der Waals surface area (Å²) in [4.78, 5) is 19.0. The molecule has 0 spiro atoms. The van der Waals surface area contributed by atoms with E-state index in [1.54, 1.807) is 6.20 Å². The van der Waals surface area contributed by atoms with Gasteiger partial charge >= 0.3 is 6.03 Å². The van der Waals surface area contributed by atoms with Crippen molar-refractivity contribution in [3.63, 3.8) is 0 Å². The highest BCUT2D eigenvalue weighted by atomic mass is 16.2. The third kappa shape index (κ3) is 2.65. The van der Waals surface area contributed by atoms with E-state index in [0.717, 1.165) is 23.5 Å². The molecule has 24 heavy (non-hydrogen) atoms. The van der Waals surface area contributed by atoms with Gasteiger partial charge in [-0.25, -0.2) is 4.79 Å². The first-order chi connectivity index (χ1) is 11.8. The SMILES string of the molecule is O=C(Nc1ccccc1)N1CCn2cccc2[C@@H]1c1cccnc1. The number of carbonyl (C=O) groups is 1. The number of amides is 2. The van der Waals surface area contributed by atoms with Crippen molar-refractivity contribution in [2.45, 2.75) is 12.6 Å². The zero-order valence-electron chi connectivity index (χ0n) is 13.2. The zero-order valence-corrected chi connectivity index (χ0v) is 13.2. The maximum atomic E-state index is 12.9. The molecule has 1 aliphatic heterocycles. The van der Waals surface area contributed by atoms with Crippen molar-refractivity contribution in [3.8, 4) is 0 Å². The van der Waals surface area contributed by atoms with E-state index < -0.39 is 0 Å². The van der Waals surface area contributed by atoms with Crippen molar-refractivity contribution in [1.29, 1.82) is 0 Å². The number of hydrogen-bond acceptors (Lipinski definition) is 2. The van der Waals surface area contributed by atoms with E-state index in [4.69, 9.17) is 0 Å². The molecule has 5 nitrogen and oxygen atoms in total. The highest BCUT2D eigenvalue weighted by Crippen LogP contribution is 2.32. The monoisotopic (exact) mass is 318 g/mol. The molecule has 1 aromatic carbocycles. The molecule has 4 rings (SSSR count). The van der Waals surface area contributed by atoms with Gasteiger partial charge in [0.25, 0.3) is 0 Å². The molecule has 0 aliphatic carbocycles. The van der Waals surface area contributed by atoms with Crippen molar-refractivity contribution in [2.24, 2.45) is 0 Å². The van der Waals surface area contributed by atoms with Gasteiger partial charge in [0, 0.05) is 43.1 Å². The average Bonchev–Trinajstić information content (AvgIpc) is 3.11. The van der Waals surface area contributed by atoms with Crippen LogP contribution in [0.25, 0.3) is 0 Å². The second kappa shape index (κ2) is 6.20. The van der Waals surface area contributed by atoms with Gasteiger partial charge in [0.15, 0.2) is 0 Å². The highest BCUT2D eigenvalue weighted by Gasteiger charge is 2.32. The molecule has 0 fully saturated rings. The van der Waals surface area contributed by atoms with Crippen LogP contribution in [0.5, 0.6) is 0 Å². The Hall–Kier alpha value is -3.08. The van der Waals surface area contributed by atoms with Gasteiger partial charge in [-0.05, 0) is 35.9 Å². The number of hydrogen-bond donors (Lipinski definition) is 1. The average molecular weight is 318 g/mol. The van der Waals surface area contributed by atoms with Gasteiger partial charge in [-0.1, -0.05) is 24.3 Å². The number of benzene rings is 1. The molecular weight excluding hydrogens is 300 g/mol. The molecule has 0 saturated carbocycles. The third-order valence-corrected chi connectivity index (χ3v) is 4.32.